The van der Waals surface area contributed by atoms with Crippen LogP contribution in [0.15, 0.2) is 15.8 Å². The smallest absolute Gasteiger partial charge is 0.330 e. The second-order valence-electron chi connectivity index (χ2n) is 4.74. The van der Waals surface area contributed by atoms with Gasteiger partial charge in [0.1, 0.15) is 25.0 Å². The number of alkyl halides is 1. The summed E-state index contributed by atoms with van der Waals surface area (Å²) in [5.41, 5.74) is -1.01. The third kappa shape index (κ3) is 3.05. The number of nitrogens with one attached hydrogen (secondary N) is 1. The number of nitrogens with zero attached hydrogens (tertiary/aromatic N) is 1. The number of aryl methyl sites for hydroxylation is 1. The van der Waals surface area contributed by atoms with Crippen LogP contribution in [0.5, 0.6) is 0 Å². The molecule has 8 nitrogen and oxygen atoms in total. The van der Waals surface area contributed by atoms with Gasteiger partial charge in [-0.15, -0.1) is 0 Å². The summed E-state index contributed by atoms with van der Waals surface area (Å²) < 4.78 is 23.9. The number of halogens is 1. The second-order valence-corrected chi connectivity index (χ2v) is 4.74. The lowest BCUT2D eigenvalue weighted by Crippen LogP contribution is -2.40. The Kier molecular flexibility index (Phi) is 4.88. The van der Waals surface area contributed by atoms with E-state index in [-0.39, 0.29) is 12.2 Å². The van der Waals surface area contributed by atoms with Crippen LogP contribution in [0.2, 0.25) is 0 Å². The minimum Gasteiger partial charge on any atom is -0.394 e. The van der Waals surface area contributed by atoms with Crippen LogP contribution in [0.3, 0.4) is 0 Å². The maximum atomic E-state index is 12.3. The Balaban J connectivity index is 2.37. The molecule has 0 saturated carbocycles. The molecule has 118 valence electrons. The van der Waals surface area contributed by atoms with Gasteiger partial charge in [-0.05, 0) is 6.92 Å². The zero-order valence-electron chi connectivity index (χ0n) is 11.4. The van der Waals surface area contributed by atoms with Gasteiger partial charge < -0.3 is 19.7 Å². The number of aromatic nitrogens is 2. The topological polar surface area (TPSA) is 114 Å². The van der Waals surface area contributed by atoms with Crippen LogP contribution >= 0.6 is 0 Å². The van der Waals surface area contributed by atoms with Gasteiger partial charge in [-0.3, -0.25) is 14.3 Å². The molecule has 0 aromatic carbocycles. The Bertz CT molecular complexity index is 600. The number of rotatable bonds is 5. The molecule has 1 unspecified atom stereocenters. The fraction of sp³-hybridized carbons (Fsp3) is 0.667. The Morgan fingerprint density at radius 3 is 2.86 bits per heavy atom. The molecule has 1 aliphatic heterocycles. The highest BCUT2D eigenvalue weighted by atomic mass is 19.1. The lowest BCUT2D eigenvalue weighted by molar-refractivity contribution is -0.0762. The van der Waals surface area contributed by atoms with E-state index < -0.39 is 49.1 Å². The fourth-order valence-corrected chi connectivity index (χ4v) is 2.23. The summed E-state index contributed by atoms with van der Waals surface area (Å²) in [4.78, 5) is 25.3. The van der Waals surface area contributed by atoms with Gasteiger partial charge >= 0.3 is 5.69 Å². The summed E-state index contributed by atoms with van der Waals surface area (Å²) in [5.74, 6) is 0. The molecule has 0 spiro atoms. The molecule has 3 N–H and O–H groups in total. The van der Waals surface area contributed by atoms with Crippen molar-refractivity contribution < 1.29 is 24.1 Å². The van der Waals surface area contributed by atoms with Crippen molar-refractivity contribution in [3.8, 4) is 0 Å². The van der Waals surface area contributed by atoms with Crippen molar-refractivity contribution in [3.63, 3.8) is 0 Å². The van der Waals surface area contributed by atoms with E-state index in [1.54, 1.807) is 0 Å². The van der Waals surface area contributed by atoms with E-state index in [1.165, 1.54) is 13.1 Å². The highest BCUT2D eigenvalue weighted by Gasteiger charge is 2.45. The SMILES string of the molecule is Cc1cn([C@@H]2O[C@H](CO)[C@H](O)C2OCCF)c(=O)[nH]c1=O. The predicted molar refractivity (Wildman–Crippen MR) is 68.8 cm³/mol. The van der Waals surface area contributed by atoms with Crippen LogP contribution in [0.4, 0.5) is 4.39 Å². The molecule has 0 amide bonds. The first-order valence-corrected chi connectivity index (χ1v) is 6.43. The molecule has 2 heterocycles. The van der Waals surface area contributed by atoms with Crippen LogP contribution in [0, 0.1) is 6.92 Å². The zero-order chi connectivity index (χ0) is 15.6. The Labute approximate surface area is 118 Å². The van der Waals surface area contributed by atoms with Crippen LogP contribution in [0.1, 0.15) is 11.8 Å². The number of aliphatic hydroxyl groups is 2. The van der Waals surface area contributed by atoms with E-state index in [2.05, 4.69) is 4.98 Å². The standard InChI is InChI=1S/C12H17FN2O6/c1-6-4-15(12(19)14-10(6)18)11-9(20-3-2-13)8(17)7(5-16)21-11/h4,7-9,11,16-17H,2-3,5H2,1H3,(H,14,18,19)/t7-,8+,9?,11-/m1/s1. The fourth-order valence-electron chi connectivity index (χ4n) is 2.23. The average molecular weight is 304 g/mol. The molecule has 4 atom stereocenters. The molecule has 1 fully saturated rings. The van der Waals surface area contributed by atoms with Gasteiger partial charge in [0.15, 0.2) is 6.23 Å². The lowest BCUT2D eigenvalue weighted by Gasteiger charge is -2.22. The minimum absolute atomic E-state index is 0.268. The number of H-pyrrole nitrogens is 1. The Morgan fingerprint density at radius 2 is 2.24 bits per heavy atom. The number of hydrogen-bond donors (Lipinski definition) is 3. The second kappa shape index (κ2) is 6.48. The maximum absolute atomic E-state index is 12.3. The van der Waals surface area contributed by atoms with Crippen LogP contribution < -0.4 is 11.2 Å². The monoisotopic (exact) mass is 304 g/mol. The first kappa shape index (κ1) is 15.8. The highest BCUT2D eigenvalue weighted by molar-refractivity contribution is 5.03. The van der Waals surface area contributed by atoms with Crippen molar-refractivity contribution in [2.24, 2.45) is 0 Å². The largest absolute Gasteiger partial charge is 0.394 e. The lowest BCUT2D eigenvalue weighted by atomic mass is 10.1. The van der Waals surface area contributed by atoms with Crippen LogP contribution in [-0.4, -0.2) is 58.0 Å². The third-order valence-electron chi connectivity index (χ3n) is 3.30. The first-order valence-electron chi connectivity index (χ1n) is 6.43. The predicted octanol–water partition coefficient (Wildman–Crippen LogP) is -1.55. The summed E-state index contributed by atoms with van der Waals surface area (Å²) >= 11 is 0. The van der Waals surface area contributed by atoms with E-state index in [4.69, 9.17) is 14.6 Å². The van der Waals surface area contributed by atoms with Gasteiger partial charge in [-0.1, -0.05) is 0 Å². The molecule has 1 aromatic rings. The van der Waals surface area contributed by atoms with Crippen LogP contribution in [-0.2, 0) is 9.47 Å². The number of aliphatic hydroxyl groups excluding tert-OH is 2. The summed E-state index contributed by atoms with van der Waals surface area (Å²) in [5, 5.41) is 19.2. The summed E-state index contributed by atoms with van der Waals surface area (Å²) in [6.45, 7) is -0.0263. The van der Waals surface area contributed by atoms with Crippen molar-refractivity contribution in [2.75, 3.05) is 19.9 Å². The van der Waals surface area contributed by atoms with Crippen molar-refractivity contribution >= 4 is 0 Å². The molecule has 0 radical (unpaired) electrons. The van der Waals surface area contributed by atoms with Gasteiger partial charge in [-0.25, -0.2) is 9.18 Å². The summed E-state index contributed by atoms with van der Waals surface area (Å²) in [7, 11) is 0. The number of ether oxygens (including phenoxy) is 2. The molecule has 21 heavy (non-hydrogen) atoms. The van der Waals surface area contributed by atoms with E-state index >= 15 is 0 Å². The Hall–Kier alpha value is -1.55. The van der Waals surface area contributed by atoms with Gasteiger partial charge in [-0.2, -0.15) is 0 Å². The minimum atomic E-state index is -1.22. The van der Waals surface area contributed by atoms with E-state index in [0.717, 1.165) is 4.57 Å². The molecule has 0 bridgehead atoms. The molecular formula is C12H17FN2O6. The normalized spacial score (nSPS) is 29.0. The van der Waals surface area contributed by atoms with Gasteiger partial charge in [0.2, 0.25) is 0 Å². The molecule has 9 heteroatoms. The van der Waals surface area contributed by atoms with E-state index in [1.807, 2.05) is 0 Å². The first-order chi connectivity index (χ1) is 9.99. The van der Waals surface area contributed by atoms with Crippen molar-refractivity contribution in [3.05, 3.63) is 32.6 Å². The summed E-state index contributed by atoms with van der Waals surface area (Å²) in [6.07, 6.45) is -3.00. The van der Waals surface area contributed by atoms with Gasteiger partial charge in [0.05, 0.1) is 13.2 Å². The van der Waals surface area contributed by atoms with Crippen molar-refractivity contribution in [1.82, 2.24) is 9.55 Å². The molecular weight excluding hydrogens is 287 g/mol. The maximum Gasteiger partial charge on any atom is 0.330 e. The molecule has 0 aliphatic carbocycles. The average Bonchev–Trinajstić information content (AvgIpc) is 2.77. The highest BCUT2D eigenvalue weighted by Crippen LogP contribution is 2.30. The zero-order valence-corrected chi connectivity index (χ0v) is 11.4. The summed E-state index contributed by atoms with van der Waals surface area (Å²) in [6, 6.07) is 0. The number of aromatic amines is 1. The van der Waals surface area contributed by atoms with E-state index in [9.17, 15) is 19.1 Å². The van der Waals surface area contributed by atoms with Crippen LogP contribution in [0.25, 0.3) is 0 Å². The van der Waals surface area contributed by atoms with Gasteiger partial charge in [0.25, 0.3) is 5.56 Å². The third-order valence-corrected chi connectivity index (χ3v) is 3.30. The van der Waals surface area contributed by atoms with Crippen molar-refractivity contribution in [2.45, 2.75) is 31.5 Å². The quantitative estimate of drug-likeness (QED) is 0.607. The molecule has 1 saturated heterocycles. The number of hydrogen-bond acceptors (Lipinski definition) is 6. The van der Waals surface area contributed by atoms with Crippen molar-refractivity contribution in [1.29, 1.82) is 0 Å². The Morgan fingerprint density at radius 1 is 1.52 bits per heavy atom. The van der Waals surface area contributed by atoms with Gasteiger partial charge in [0, 0.05) is 11.8 Å². The molecule has 1 aromatic heterocycles. The molecule has 2 rings (SSSR count). The van der Waals surface area contributed by atoms with E-state index in [0.29, 0.717) is 0 Å². The molecule has 1 aliphatic rings.